The average molecular weight is 448 g/mol. The van der Waals surface area contributed by atoms with E-state index in [2.05, 4.69) is 25.8 Å². The molecule has 0 aliphatic heterocycles. The molecule has 0 fully saturated rings. The fraction of sp³-hybridized carbons (Fsp3) is 0.174. The summed E-state index contributed by atoms with van der Waals surface area (Å²) in [7, 11) is 0. The molecule has 9 nitrogen and oxygen atoms in total. The fourth-order valence-electron chi connectivity index (χ4n) is 3.09. The quantitative estimate of drug-likeness (QED) is 0.438. The molecule has 1 amide bonds. The van der Waals surface area contributed by atoms with Gasteiger partial charge in [0.2, 0.25) is 0 Å². The summed E-state index contributed by atoms with van der Waals surface area (Å²) in [6.07, 6.45) is 3.40. The van der Waals surface area contributed by atoms with Crippen molar-refractivity contribution in [2.75, 3.05) is 11.9 Å². The van der Waals surface area contributed by atoms with Crippen molar-refractivity contribution < 1.29 is 18.7 Å². The molecular formula is C23H21FN6O3. The highest BCUT2D eigenvalue weighted by atomic mass is 19.1. The highest BCUT2D eigenvalue weighted by molar-refractivity contribution is 6.04. The minimum atomic E-state index is -0.584. The second-order valence-electron chi connectivity index (χ2n) is 7.00. The standard InChI is InChI=1S/C23H21FN6O3/c1-3-32-22-11-17(6-9-21(22)33-14-16-5-4-10-25-13-16)23(31)26-20-12-18(7-8-19(20)24)30-15(2)27-28-29-30/h4-13H,3,14H2,1-2H3,(H,26,31). The number of tetrazole rings is 1. The number of aromatic nitrogens is 5. The predicted molar refractivity (Wildman–Crippen MR) is 118 cm³/mol. The van der Waals surface area contributed by atoms with Gasteiger partial charge in [0.1, 0.15) is 12.4 Å². The van der Waals surface area contributed by atoms with Crippen molar-refractivity contribution >= 4 is 11.6 Å². The molecule has 0 bridgehead atoms. The topological polar surface area (TPSA) is 104 Å². The first-order chi connectivity index (χ1) is 16.0. The molecule has 0 atom stereocenters. The SMILES string of the molecule is CCOc1cc(C(=O)Nc2cc(-n3nnnc3C)ccc2F)ccc1OCc1cccnc1. The van der Waals surface area contributed by atoms with Gasteiger partial charge < -0.3 is 14.8 Å². The van der Waals surface area contributed by atoms with E-state index in [-0.39, 0.29) is 11.3 Å². The maximum absolute atomic E-state index is 14.4. The minimum absolute atomic E-state index is 0.00210. The second-order valence-corrected chi connectivity index (χ2v) is 7.00. The van der Waals surface area contributed by atoms with Crippen LogP contribution >= 0.6 is 0 Å². The Morgan fingerprint density at radius 1 is 1.12 bits per heavy atom. The molecular weight excluding hydrogens is 427 g/mol. The van der Waals surface area contributed by atoms with Gasteiger partial charge in [0.15, 0.2) is 17.3 Å². The molecule has 0 spiro atoms. The first-order valence-corrected chi connectivity index (χ1v) is 10.2. The van der Waals surface area contributed by atoms with Crippen LogP contribution in [0.2, 0.25) is 0 Å². The predicted octanol–water partition coefficient (Wildman–Crippen LogP) is 3.73. The van der Waals surface area contributed by atoms with Crippen LogP contribution in [0.1, 0.15) is 28.7 Å². The minimum Gasteiger partial charge on any atom is -0.490 e. The molecule has 2 aromatic carbocycles. The lowest BCUT2D eigenvalue weighted by Crippen LogP contribution is -2.14. The lowest BCUT2D eigenvalue weighted by atomic mass is 10.1. The van der Waals surface area contributed by atoms with Crippen LogP contribution in [-0.2, 0) is 6.61 Å². The molecule has 0 aliphatic rings. The maximum atomic E-state index is 14.4. The largest absolute Gasteiger partial charge is 0.490 e. The monoisotopic (exact) mass is 448 g/mol. The summed E-state index contributed by atoms with van der Waals surface area (Å²) in [5.74, 6) is 0.341. The van der Waals surface area contributed by atoms with Gasteiger partial charge in [0.05, 0.1) is 18.0 Å². The van der Waals surface area contributed by atoms with Crippen molar-refractivity contribution in [1.82, 2.24) is 25.2 Å². The van der Waals surface area contributed by atoms with E-state index in [0.29, 0.717) is 36.2 Å². The van der Waals surface area contributed by atoms with E-state index in [9.17, 15) is 9.18 Å². The van der Waals surface area contributed by atoms with Crippen molar-refractivity contribution in [1.29, 1.82) is 0 Å². The number of halogens is 1. The van der Waals surface area contributed by atoms with Crippen LogP contribution in [-0.4, -0.2) is 37.7 Å². The molecule has 10 heteroatoms. The molecule has 0 unspecified atom stereocenters. The number of carbonyl (C=O) groups excluding carboxylic acids is 1. The number of hydrogen-bond donors (Lipinski definition) is 1. The number of anilines is 1. The Labute approximate surface area is 189 Å². The molecule has 2 heterocycles. The van der Waals surface area contributed by atoms with Gasteiger partial charge in [-0.1, -0.05) is 6.07 Å². The third-order valence-corrected chi connectivity index (χ3v) is 4.69. The van der Waals surface area contributed by atoms with Crippen molar-refractivity contribution in [2.45, 2.75) is 20.5 Å². The number of hydrogen-bond acceptors (Lipinski definition) is 7. The van der Waals surface area contributed by atoms with E-state index >= 15 is 0 Å². The Balaban J connectivity index is 1.53. The maximum Gasteiger partial charge on any atom is 0.255 e. The molecule has 0 saturated heterocycles. The molecule has 168 valence electrons. The second kappa shape index (κ2) is 9.86. The molecule has 4 aromatic rings. The Morgan fingerprint density at radius 2 is 2.00 bits per heavy atom. The first kappa shape index (κ1) is 21.9. The number of amides is 1. The summed E-state index contributed by atoms with van der Waals surface area (Å²) in [4.78, 5) is 16.9. The zero-order chi connectivity index (χ0) is 23.2. The third-order valence-electron chi connectivity index (χ3n) is 4.69. The van der Waals surface area contributed by atoms with E-state index in [1.807, 2.05) is 19.1 Å². The molecule has 1 N–H and O–H groups in total. The third kappa shape index (κ3) is 5.12. The number of benzene rings is 2. The molecule has 0 aliphatic carbocycles. The van der Waals surface area contributed by atoms with Gasteiger partial charge in [-0.15, -0.1) is 5.10 Å². The van der Waals surface area contributed by atoms with E-state index in [0.717, 1.165) is 5.56 Å². The van der Waals surface area contributed by atoms with Crippen molar-refractivity contribution in [3.05, 3.63) is 83.7 Å². The van der Waals surface area contributed by atoms with Crippen LogP contribution in [0.4, 0.5) is 10.1 Å². The molecule has 0 radical (unpaired) electrons. The summed E-state index contributed by atoms with van der Waals surface area (Å²) in [5.41, 5.74) is 1.70. The summed E-state index contributed by atoms with van der Waals surface area (Å²) < 4.78 is 27.3. The van der Waals surface area contributed by atoms with E-state index in [1.54, 1.807) is 37.5 Å². The van der Waals surface area contributed by atoms with E-state index < -0.39 is 11.7 Å². The highest BCUT2D eigenvalue weighted by Gasteiger charge is 2.15. The van der Waals surface area contributed by atoms with Gasteiger partial charge >= 0.3 is 0 Å². The van der Waals surface area contributed by atoms with Gasteiger partial charge in [-0.05, 0) is 66.7 Å². The van der Waals surface area contributed by atoms with E-state index in [4.69, 9.17) is 9.47 Å². The number of carbonyl (C=O) groups is 1. The van der Waals surface area contributed by atoms with E-state index in [1.165, 1.54) is 22.9 Å². The number of aryl methyl sites for hydroxylation is 1. The van der Waals surface area contributed by atoms with Crippen LogP contribution < -0.4 is 14.8 Å². The van der Waals surface area contributed by atoms with Crippen LogP contribution in [0, 0.1) is 12.7 Å². The number of rotatable bonds is 8. The van der Waals surface area contributed by atoms with Gasteiger partial charge in [-0.2, -0.15) is 4.68 Å². The van der Waals surface area contributed by atoms with Crippen molar-refractivity contribution in [2.24, 2.45) is 0 Å². The number of nitrogens with one attached hydrogen (secondary N) is 1. The van der Waals surface area contributed by atoms with Crippen LogP contribution in [0.3, 0.4) is 0 Å². The number of nitrogens with zero attached hydrogens (tertiary/aromatic N) is 5. The summed E-state index contributed by atoms with van der Waals surface area (Å²) in [6.45, 7) is 4.23. The zero-order valence-electron chi connectivity index (χ0n) is 18.0. The smallest absolute Gasteiger partial charge is 0.255 e. The van der Waals surface area contributed by atoms with Crippen LogP contribution in [0.25, 0.3) is 5.69 Å². The number of pyridine rings is 1. The Hall–Kier alpha value is -4.34. The lowest BCUT2D eigenvalue weighted by Gasteiger charge is -2.14. The van der Waals surface area contributed by atoms with Gasteiger partial charge in [0, 0.05) is 23.5 Å². The summed E-state index contributed by atoms with van der Waals surface area (Å²) in [6, 6.07) is 12.7. The van der Waals surface area contributed by atoms with Crippen molar-refractivity contribution in [3.63, 3.8) is 0 Å². The summed E-state index contributed by atoms with van der Waals surface area (Å²) in [5, 5.41) is 13.9. The normalized spacial score (nSPS) is 10.6. The molecule has 33 heavy (non-hydrogen) atoms. The highest BCUT2D eigenvalue weighted by Crippen LogP contribution is 2.30. The van der Waals surface area contributed by atoms with Crippen LogP contribution in [0.15, 0.2) is 60.9 Å². The van der Waals surface area contributed by atoms with Gasteiger partial charge in [0.25, 0.3) is 5.91 Å². The average Bonchev–Trinajstić information content (AvgIpc) is 3.26. The molecule has 2 aromatic heterocycles. The van der Waals surface area contributed by atoms with Gasteiger partial charge in [-0.25, -0.2) is 4.39 Å². The lowest BCUT2D eigenvalue weighted by molar-refractivity contribution is 0.102. The first-order valence-electron chi connectivity index (χ1n) is 10.2. The molecule has 4 rings (SSSR count). The van der Waals surface area contributed by atoms with Gasteiger partial charge in [-0.3, -0.25) is 9.78 Å². The summed E-state index contributed by atoms with van der Waals surface area (Å²) >= 11 is 0. The Bertz CT molecular complexity index is 1260. The Kier molecular flexibility index (Phi) is 6.53. The number of ether oxygens (including phenoxy) is 2. The fourth-order valence-corrected chi connectivity index (χ4v) is 3.09. The zero-order valence-corrected chi connectivity index (χ0v) is 18.0. The Morgan fingerprint density at radius 3 is 2.73 bits per heavy atom. The molecule has 0 saturated carbocycles. The van der Waals surface area contributed by atoms with Crippen LogP contribution in [0.5, 0.6) is 11.5 Å². The van der Waals surface area contributed by atoms with Crippen molar-refractivity contribution in [3.8, 4) is 17.2 Å².